The molecule has 0 aromatic heterocycles. The summed E-state index contributed by atoms with van der Waals surface area (Å²) in [6.45, 7) is 11.3. The maximum Gasteiger partial charge on any atom is 0.312 e. The minimum absolute atomic E-state index is 0.000278. The van der Waals surface area contributed by atoms with E-state index >= 15 is 0 Å². The average Bonchev–Trinajstić information content (AvgIpc) is 3.53. The second kappa shape index (κ2) is 8.64. The van der Waals surface area contributed by atoms with Crippen molar-refractivity contribution in [1.82, 2.24) is 0 Å². The summed E-state index contributed by atoms with van der Waals surface area (Å²) >= 11 is 6.80. The quantitative estimate of drug-likeness (QED) is 0.177. The van der Waals surface area contributed by atoms with Crippen molar-refractivity contribution in [1.29, 1.82) is 0 Å². The zero-order valence-corrected chi connectivity index (χ0v) is 22.7. The van der Waals surface area contributed by atoms with Gasteiger partial charge < -0.3 is 33.5 Å². The molecule has 12 heteroatoms. The van der Waals surface area contributed by atoms with Crippen LogP contribution in [0, 0.1) is 17.3 Å². The predicted octanol–water partition coefficient (Wildman–Crippen LogP) is 1.55. The Labute approximate surface area is 225 Å². The Balaban J connectivity index is 1.82. The molecule has 11 atom stereocenters. The van der Waals surface area contributed by atoms with Gasteiger partial charge in [-0.25, -0.2) is 0 Å². The van der Waals surface area contributed by atoms with Crippen LogP contribution in [0.5, 0.6) is 0 Å². The number of aliphatic hydroxyl groups is 1. The number of epoxide rings is 1. The first kappa shape index (κ1) is 27.4. The number of hydrogen-bond acceptors (Lipinski definition) is 11. The fraction of sp³-hybridized carbons (Fsp3) is 0.769. The molecule has 0 amide bonds. The molecule has 0 aromatic carbocycles. The molecule has 5 rings (SSSR count). The Hall–Kier alpha value is -2.21. The van der Waals surface area contributed by atoms with Gasteiger partial charge in [-0.2, -0.15) is 0 Å². The van der Waals surface area contributed by atoms with Crippen molar-refractivity contribution in [3.63, 3.8) is 0 Å². The molecular weight excluding hydrogens is 524 g/mol. The number of carbonyl (C=O) groups excluding carboxylic acids is 4. The molecule has 4 saturated heterocycles. The molecular formula is C26H33ClO11. The van der Waals surface area contributed by atoms with E-state index < -0.39 is 87.9 Å². The second-order valence-electron chi connectivity index (χ2n) is 11.4. The number of carbonyl (C=O) groups is 4. The Morgan fingerprint density at radius 1 is 1.08 bits per heavy atom. The van der Waals surface area contributed by atoms with Crippen molar-refractivity contribution in [3.05, 3.63) is 12.2 Å². The Morgan fingerprint density at radius 3 is 2.21 bits per heavy atom. The lowest BCUT2D eigenvalue weighted by atomic mass is 9.51. The van der Waals surface area contributed by atoms with Crippen LogP contribution in [0.3, 0.4) is 0 Å². The van der Waals surface area contributed by atoms with Crippen LogP contribution in [-0.4, -0.2) is 82.4 Å². The number of esters is 4. The SMILES string of the molecule is C=C1[C@H](Cl)[C@@H]2OC(=O)[C@H](C)[C@]23O[C@]1(O)C[C@H](OC(C)=O)[C@@]1(C)[C@@H](OC(C)=O)CC[C@]2(CO2)[C@@H]1[C@@H]3OC(C)=O. The molecule has 11 nitrogen and oxygen atoms in total. The monoisotopic (exact) mass is 556 g/mol. The summed E-state index contributed by atoms with van der Waals surface area (Å²) in [6, 6.07) is 0. The summed E-state index contributed by atoms with van der Waals surface area (Å²) in [6.07, 6.45) is -3.94. The van der Waals surface area contributed by atoms with Crippen LogP contribution in [0.25, 0.3) is 0 Å². The van der Waals surface area contributed by atoms with Gasteiger partial charge >= 0.3 is 23.9 Å². The van der Waals surface area contributed by atoms with Gasteiger partial charge in [0.2, 0.25) is 0 Å². The largest absolute Gasteiger partial charge is 0.462 e. The van der Waals surface area contributed by atoms with Crippen molar-refractivity contribution in [3.8, 4) is 0 Å². The predicted molar refractivity (Wildman–Crippen MR) is 127 cm³/mol. The first-order chi connectivity index (χ1) is 17.6. The molecule has 2 spiro atoms. The smallest absolute Gasteiger partial charge is 0.312 e. The lowest BCUT2D eigenvalue weighted by Gasteiger charge is -2.62. The maximum absolute atomic E-state index is 13.1. The lowest BCUT2D eigenvalue weighted by Crippen LogP contribution is -2.76. The summed E-state index contributed by atoms with van der Waals surface area (Å²) < 4.78 is 35.9. The number of halogens is 1. The van der Waals surface area contributed by atoms with E-state index in [9.17, 15) is 24.3 Å². The first-order valence-corrected chi connectivity index (χ1v) is 13.2. The van der Waals surface area contributed by atoms with Gasteiger partial charge in [-0.1, -0.05) is 13.5 Å². The lowest BCUT2D eigenvalue weighted by molar-refractivity contribution is -0.353. The standard InChI is InChI=1S/C26H33ClO11/c1-11-18(27)20-26(12(2)22(31)37-20)21(36-15(5)30)19-23(6,17(35-14(4)29)9-25(11,32)38-26)16(34-13(3)28)7-8-24(19)10-33-24/h12,16-21,32H,1,7-10H2,2-6H3/t12-,16-,17-,18-,19+,20-,21-,23+,24-,25+,26-/m0/s1. The van der Waals surface area contributed by atoms with Crippen LogP contribution >= 0.6 is 11.6 Å². The summed E-state index contributed by atoms with van der Waals surface area (Å²) in [4.78, 5) is 50.4. The fourth-order valence-electron chi connectivity index (χ4n) is 7.44. The second-order valence-corrected chi connectivity index (χ2v) is 11.9. The van der Waals surface area contributed by atoms with Crippen LogP contribution in [0.1, 0.15) is 53.9 Å². The minimum atomic E-state index is -2.21. The summed E-state index contributed by atoms with van der Waals surface area (Å²) in [7, 11) is 0. The van der Waals surface area contributed by atoms with Gasteiger partial charge in [0.25, 0.3) is 0 Å². The third-order valence-corrected chi connectivity index (χ3v) is 9.74. The van der Waals surface area contributed by atoms with Gasteiger partial charge in [0.15, 0.2) is 17.5 Å². The highest BCUT2D eigenvalue weighted by atomic mass is 35.5. The Morgan fingerprint density at radius 2 is 1.66 bits per heavy atom. The van der Waals surface area contributed by atoms with Crippen LogP contribution in [0.2, 0.25) is 0 Å². The van der Waals surface area contributed by atoms with E-state index in [0.717, 1.165) is 0 Å². The zero-order chi connectivity index (χ0) is 28.0. The van der Waals surface area contributed by atoms with Crippen LogP contribution in [0.15, 0.2) is 12.2 Å². The van der Waals surface area contributed by atoms with E-state index in [0.29, 0.717) is 12.8 Å². The highest BCUT2D eigenvalue weighted by molar-refractivity contribution is 6.23. The molecule has 1 saturated carbocycles. The highest BCUT2D eigenvalue weighted by Gasteiger charge is 2.80. The molecule has 4 aliphatic heterocycles. The molecule has 5 aliphatic rings. The molecule has 2 bridgehead atoms. The highest BCUT2D eigenvalue weighted by Crippen LogP contribution is 2.66. The number of fused-ring (bicyclic) bond motifs is 3. The Kier molecular flexibility index (Phi) is 6.22. The fourth-order valence-corrected chi connectivity index (χ4v) is 7.86. The molecule has 5 fully saturated rings. The van der Waals surface area contributed by atoms with E-state index in [1.54, 1.807) is 13.8 Å². The van der Waals surface area contributed by atoms with Gasteiger partial charge in [0.1, 0.15) is 18.3 Å². The van der Waals surface area contributed by atoms with Gasteiger partial charge in [-0.05, 0) is 19.8 Å². The van der Waals surface area contributed by atoms with Crippen LogP contribution in [0.4, 0.5) is 0 Å². The summed E-state index contributed by atoms with van der Waals surface area (Å²) in [5.41, 5.74) is -3.90. The molecule has 1 aliphatic carbocycles. The van der Waals surface area contributed by atoms with E-state index in [4.69, 9.17) is 40.0 Å². The van der Waals surface area contributed by atoms with Crippen molar-refractivity contribution in [2.24, 2.45) is 17.3 Å². The van der Waals surface area contributed by atoms with Crippen molar-refractivity contribution in [2.75, 3.05) is 6.61 Å². The number of hydrogen-bond donors (Lipinski definition) is 1. The molecule has 0 radical (unpaired) electrons. The maximum atomic E-state index is 13.1. The van der Waals surface area contributed by atoms with Crippen LogP contribution in [-0.2, 0) is 47.6 Å². The molecule has 4 heterocycles. The molecule has 210 valence electrons. The first-order valence-electron chi connectivity index (χ1n) is 12.7. The van der Waals surface area contributed by atoms with E-state index in [1.165, 1.54) is 20.8 Å². The molecule has 0 unspecified atom stereocenters. The average molecular weight is 557 g/mol. The summed E-state index contributed by atoms with van der Waals surface area (Å²) in [5.74, 6) is -6.60. The van der Waals surface area contributed by atoms with Gasteiger partial charge in [0, 0.05) is 38.7 Å². The van der Waals surface area contributed by atoms with E-state index in [2.05, 4.69) is 6.58 Å². The molecule has 1 N–H and O–H groups in total. The third-order valence-electron chi connectivity index (χ3n) is 9.25. The Bertz CT molecular complexity index is 1100. The molecule has 38 heavy (non-hydrogen) atoms. The van der Waals surface area contributed by atoms with Gasteiger partial charge in [-0.3, -0.25) is 19.2 Å². The number of alkyl halides is 1. The number of rotatable bonds is 3. The zero-order valence-electron chi connectivity index (χ0n) is 22.0. The third kappa shape index (κ3) is 3.65. The minimum Gasteiger partial charge on any atom is -0.462 e. The normalized spacial score (nSPS) is 49.1. The van der Waals surface area contributed by atoms with Crippen molar-refractivity contribution >= 4 is 35.5 Å². The molecule has 0 aromatic rings. The van der Waals surface area contributed by atoms with Crippen LogP contribution < -0.4 is 0 Å². The van der Waals surface area contributed by atoms with Gasteiger partial charge in [0.05, 0.1) is 28.9 Å². The number of ether oxygens (including phenoxy) is 6. The van der Waals surface area contributed by atoms with Gasteiger partial charge in [-0.15, -0.1) is 11.6 Å². The van der Waals surface area contributed by atoms with E-state index in [-0.39, 0.29) is 18.6 Å². The van der Waals surface area contributed by atoms with E-state index in [1.807, 2.05) is 0 Å². The van der Waals surface area contributed by atoms with Crippen molar-refractivity contribution in [2.45, 2.75) is 101 Å². The topological polar surface area (TPSA) is 147 Å². The van der Waals surface area contributed by atoms with Crippen molar-refractivity contribution < 1.29 is 52.7 Å². The summed E-state index contributed by atoms with van der Waals surface area (Å²) in [5, 5.41) is 10.9.